The molecular weight excluding hydrogens is 228 g/mol. The monoisotopic (exact) mass is 248 g/mol. The Morgan fingerprint density at radius 2 is 1.83 bits per heavy atom. The molecule has 1 rings (SSSR count). The van der Waals surface area contributed by atoms with Crippen LogP contribution in [0.2, 0.25) is 0 Å². The molecule has 0 spiro atoms. The number of hydrogen-bond donors (Lipinski definition) is 2. The lowest BCUT2D eigenvalue weighted by atomic mass is 9.73. The Morgan fingerprint density at radius 3 is 2.28 bits per heavy atom. The topological polar surface area (TPSA) is 66.2 Å². The zero-order valence-electron chi connectivity index (χ0n) is 11.3. The maximum Gasteiger partial charge on any atom is 0.158 e. The minimum absolute atomic E-state index is 0.516. The van der Waals surface area contributed by atoms with Gasteiger partial charge in [-0.2, -0.15) is 0 Å². The van der Waals surface area contributed by atoms with Crippen molar-refractivity contribution in [1.29, 1.82) is 0 Å². The van der Waals surface area contributed by atoms with Gasteiger partial charge < -0.3 is 10.2 Å². The lowest BCUT2D eigenvalue weighted by Gasteiger charge is -2.35. The van der Waals surface area contributed by atoms with Crippen molar-refractivity contribution in [2.24, 2.45) is 5.41 Å². The third kappa shape index (κ3) is 3.06. The van der Waals surface area contributed by atoms with Crippen molar-refractivity contribution in [3.8, 4) is 11.8 Å². The van der Waals surface area contributed by atoms with Gasteiger partial charge in [0.15, 0.2) is 5.60 Å². The number of hydrogen-bond acceptors (Lipinski definition) is 4. The van der Waals surface area contributed by atoms with Crippen LogP contribution in [0.15, 0.2) is 18.7 Å². The van der Waals surface area contributed by atoms with Gasteiger partial charge in [0.2, 0.25) is 0 Å². The second-order valence-electron chi connectivity index (χ2n) is 5.28. The summed E-state index contributed by atoms with van der Waals surface area (Å²) in [6.07, 6.45) is 4.29. The van der Waals surface area contributed by atoms with Crippen LogP contribution in [0.25, 0.3) is 0 Å². The molecular formula is C14H20N2O2. The highest BCUT2D eigenvalue weighted by Gasteiger charge is 2.41. The van der Waals surface area contributed by atoms with Gasteiger partial charge in [-0.1, -0.05) is 39.5 Å². The summed E-state index contributed by atoms with van der Waals surface area (Å²) in [5.41, 5.74) is -1.36. The third-order valence-corrected chi connectivity index (χ3v) is 2.87. The molecule has 0 aliphatic heterocycles. The molecule has 18 heavy (non-hydrogen) atoms. The first kappa shape index (κ1) is 14.6. The lowest BCUT2D eigenvalue weighted by Crippen LogP contribution is -2.39. The molecule has 1 aromatic rings. The van der Waals surface area contributed by atoms with E-state index in [0.29, 0.717) is 12.0 Å². The van der Waals surface area contributed by atoms with Crippen LogP contribution in [0.1, 0.15) is 39.7 Å². The first-order valence-corrected chi connectivity index (χ1v) is 6.00. The molecule has 0 aromatic carbocycles. The zero-order chi connectivity index (χ0) is 13.8. The summed E-state index contributed by atoms with van der Waals surface area (Å²) in [6, 6.07) is 0. The lowest BCUT2D eigenvalue weighted by molar-refractivity contribution is -0.00997. The van der Waals surface area contributed by atoms with Crippen molar-refractivity contribution in [2.75, 3.05) is 0 Å². The quantitative estimate of drug-likeness (QED) is 0.778. The molecule has 2 unspecified atom stereocenters. The predicted molar refractivity (Wildman–Crippen MR) is 69.5 cm³/mol. The average molecular weight is 248 g/mol. The Labute approximate surface area is 108 Å². The molecule has 4 nitrogen and oxygen atoms in total. The summed E-state index contributed by atoms with van der Waals surface area (Å²) in [5.74, 6) is 5.46. The molecule has 0 radical (unpaired) electrons. The molecule has 1 aromatic heterocycles. The van der Waals surface area contributed by atoms with Gasteiger partial charge in [-0.05, 0) is 6.42 Å². The van der Waals surface area contributed by atoms with E-state index in [2.05, 4.69) is 21.8 Å². The average Bonchev–Trinajstić information content (AvgIpc) is 2.35. The van der Waals surface area contributed by atoms with Gasteiger partial charge in [0.05, 0.1) is 0 Å². The van der Waals surface area contributed by atoms with Crippen LogP contribution in [-0.2, 0) is 5.60 Å². The zero-order valence-corrected chi connectivity index (χ0v) is 11.3. The molecule has 0 saturated heterocycles. The first-order valence-electron chi connectivity index (χ1n) is 6.00. The van der Waals surface area contributed by atoms with E-state index in [0.717, 1.165) is 0 Å². The summed E-state index contributed by atoms with van der Waals surface area (Å²) in [6.45, 7) is 7.48. The van der Waals surface area contributed by atoms with Crippen molar-refractivity contribution >= 4 is 0 Å². The predicted octanol–water partition coefficient (Wildman–Crippen LogP) is 1.48. The maximum atomic E-state index is 10.8. The molecule has 2 N–H and O–H groups in total. The molecule has 2 atom stereocenters. The van der Waals surface area contributed by atoms with Crippen LogP contribution >= 0.6 is 0 Å². The van der Waals surface area contributed by atoms with Gasteiger partial charge >= 0.3 is 0 Å². The highest BCUT2D eigenvalue weighted by Crippen LogP contribution is 2.38. The minimum atomic E-state index is -1.38. The maximum absolute atomic E-state index is 10.8. The van der Waals surface area contributed by atoms with E-state index in [9.17, 15) is 10.2 Å². The number of aliphatic hydroxyl groups excluding tert-OH is 1. The smallest absolute Gasteiger partial charge is 0.158 e. The highest BCUT2D eigenvalue weighted by molar-refractivity contribution is 5.31. The van der Waals surface area contributed by atoms with Crippen LogP contribution < -0.4 is 0 Å². The Morgan fingerprint density at radius 1 is 1.28 bits per heavy atom. The van der Waals surface area contributed by atoms with Crippen molar-refractivity contribution in [3.63, 3.8) is 0 Å². The van der Waals surface area contributed by atoms with Gasteiger partial charge in [0.25, 0.3) is 0 Å². The number of rotatable bonds is 2. The van der Waals surface area contributed by atoms with Gasteiger partial charge in [-0.3, -0.25) is 0 Å². The number of aromatic nitrogens is 2. The molecule has 0 fully saturated rings. The molecule has 0 amide bonds. The first-order chi connectivity index (χ1) is 8.31. The molecule has 4 heteroatoms. The summed E-state index contributed by atoms with van der Waals surface area (Å²) in [7, 11) is 0. The van der Waals surface area contributed by atoms with Gasteiger partial charge in [0, 0.05) is 23.4 Å². The summed E-state index contributed by atoms with van der Waals surface area (Å²) >= 11 is 0. The third-order valence-electron chi connectivity index (χ3n) is 2.87. The van der Waals surface area contributed by atoms with E-state index >= 15 is 0 Å². The van der Waals surface area contributed by atoms with E-state index in [1.807, 2.05) is 27.7 Å². The van der Waals surface area contributed by atoms with Crippen molar-refractivity contribution in [1.82, 2.24) is 9.97 Å². The van der Waals surface area contributed by atoms with Crippen LogP contribution in [0, 0.1) is 17.3 Å². The summed E-state index contributed by atoms with van der Waals surface area (Å²) < 4.78 is 0. The fraction of sp³-hybridized carbons (Fsp3) is 0.571. The Hall–Kier alpha value is -1.44. The molecule has 0 saturated carbocycles. The van der Waals surface area contributed by atoms with Crippen molar-refractivity contribution in [2.45, 2.75) is 45.8 Å². The fourth-order valence-corrected chi connectivity index (χ4v) is 1.47. The number of aliphatic hydroxyl groups is 2. The Kier molecular flexibility index (Phi) is 4.44. The SMILES string of the molecule is CCC(O)C#CC(O)(c1cncnc1)C(C)(C)C. The molecule has 0 aliphatic carbocycles. The van der Waals surface area contributed by atoms with Crippen LogP contribution in [0.5, 0.6) is 0 Å². The summed E-state index contributed by atoms with van der Waals surface area (Å²) in [4.78, 5) is 7.82. The Balaban J connectivity index is 3.24. The Bertz CT molecular complexity index is 442. The van der Waals surface area contributed by atoms with Gasteiger partial charge in [-0.15, -0.1) is 0 Å². The van der Waals surface area contributed by atoms with Crippen LogP contribution in [0.4, 0.5) is 0 Å². The van der Waals surface area contributed by atoms with E-state index in [-0.39, 0.29) is 0 Å². The van der Waals surface area contributed by atoms with Crippen molar-refractivity contribution < 1.29 is 10.2 Å². The fourth-order valence-electron chi connectivity index (χ4n) is 1.47. The largest absolute Gasteiger partial charge is 0.380 e. The molecule has 0 bridgehead atoms. The molecule has 0 aliphatic rings. The van der Waals surface area contributed by atoms with Gasteiger partial charge in [0.1, 0.15) is 12.4 Å². The van der Waals surface area contributed by atoms with Gasteiger partial charge in [-0.25, -0.2) is 9.97 Å². The molecule has 1 heterocycles. The minimum Gasteiger partial charge on any atom is -0.380 e. The second kappa shape index (κ2) is 5.47. The normalized spacial score (nSPS) is 16.3. The van der Waals surface area contributed by atoms with Crippen LogP contribution in [-0.4, -0.2) is 26.3 Å². The second-order valence-corrected chi connectivity index (χ2v) is 5.28. The molecule has 98 valence electrons. The van der Waals surface area contributed by atoms with E-state index in [1.54, 1.807) is 12.4 Å². The van der Waals surface area contributed by atoms with E-state index in [4.69, 9.17) is 0 Å². The van der Waals surface area contributed by atoms with Crippen LogP contribution in [0.3, 0.4) is 0 Å². The van der Waals surface area contributed by atoms with Crippen molar-refractivity contribution in [3.05, 3.63) is 24.3 Å². The number of nitrogens with zero attached hydrogens (tertiary/aromatic N) is 2. The highest BCUT2D eigenvalue weighted by atomic mass is 16.3. The van der Waals surface area contributed by atoms with E-state index < -0.39 is 17.1 Å². The standard InChI is InChI=1S/C14H20N2O2/c1-5-12(17)6-7-14(18,13(2,3)4)11-8-15-10-16-9-11/h8-10,12,17-18H,5H2,1-4H3. The van der Waals surface area contributed by atoms with E-state index in [1.165, 1.54) is 6.33 Å². The summed E-state index contributed by atoms with van der Waals surface area (Å²) in [5, 5.41) is 20.3.